The molecule has 37 heavy (non-hydrogen) atoms. The molecule has 0 saturated heterocycles. The third kappa shape index (κ3) is 6.02. The van der Waals surface area contributed by atoms with Crippen LogP contribution < -0.4 is 15.4 Å². The maximum absolute atomic E-state index is 12.9. The molecule has 7 heteroatoms. The molecular weight excluding hydrogens is 464 g/mol. The molecule has 0 aliphatic carbocycles. The Bertz CT molecular complexity index is 1400. The number of nitrogens with zero attached hydrogens (tertiary/aromatic N) is 2. The zero-order valence-electron chi connectivity index (χ0n) is 20.6. The molecular formula is C30H28N4O3. The smallest absolute Gasteiger partial charge is 0.255 e. The van der Waals surface area contributed by atoms with E-state index >= 15 is 0 Å². The molecule has 2 N–H and O–H groups in total. The molecule has 1 aliphatic heterocycles. The fourth-order valence-electron chi connectivity index (χ4n) is 4.27. The highest BCUT2D eigenvalue weighted by Gasteiger charge is 2.14. The van der Waals surface area contributed by atoms with Gasteiger partial charge in [-0.1, -0.05) is 24.3 Å². The third-order valence-electron chi connectivity index (χ3n) is 6.29. The highest BCUT2D eigenvalue weighted by atomic mass is 16.5. The molecule has 0 atom stereocenters. The van der Waals surface area contributed by atoms with Crippen LogP contribution in [0, 0.1) is 0 Å². The number of rotatable bonds is 6. The van der Waals surface area contributed by atoms with E-state index in [1.165, 1.54) is 0 Å². The van der Waals surface area contributed by atoms with E-state index in [0.717, 1.165) is 46.8 Å². The van der Waals surface area contributed by atoms with Crippen molar-refractivity contribution in [1.29, 1.82) is 0 Å². The number of likely N-dealkylation sites (N-methyl/N-ethyl adjacent to an activating group) is 1. The largest absolute Gasteiger partial charge is 0.492 e. The molecule has 2 heterocycles. The number of nitrogens with one attached hydrogen (secondary N) is 2. The van der Waals surface area contributed by atoms with Gasteiger partial charge in [0, 0.05) is 54.4 Å². The van der Waals surface area contributed by atoms with Crippen LogP contribution in [-0.4, -0.2) is 41.9 Å². The topological polar surface area (TPSA) is 83.6 Å². The molecule has 4 aromatic rings. The number of aromatic nitrogens is 1. The molecule has 2 amide bonds. The van der Waals surface area contributed by atoms with Gasteiger partial charge < -0.3 is 15.4 Å². The van der Waals surface area contributed by atoms with Gasteiger partial charge in [-0.05, 0) is 78.3 Å². The van der Waals surface area contributed by atoms with E-state index in [1.54, 1.807) is 36.7 Å². The van der Waals surface area contributed by atoms with Crippen molar-refractivity contribution in [2.24, 2.45) is 0 Å². The summed E-state index contributed by atoms with van der Waals surface area (Å²) >= 11 is 0. The summed E-state index contributed by atoms with van der Waals surface area (Å²) in [7, 11) is 2.05. The molecule has 0 fully saturated rings. The number of fused-ring (bicyclic) bond motifs is 1. The van der Waals surface area contributed by atoms with Gasteiger partial charge in [-0.15, -0.1) is 0 Å². The number of carbonyl (C=O) groups excluding carboxylic acids is 2. The second-order valence-corrected chi connectivity index (χ2v) is 9.06. The van der Waals surface area contributed by atoms with Gasteiger partial charge >= 0.3 is 0 Å². The lowest BCUT2D eigenvalue weighted by Gasteiger charge is -2.13. The first-order valence-electron chi connectivity index (χ1n) is 12.2. The average molecular weight is 493 g/mol. The quantitative estimate of drug-likeness (QED) is 0.406. The van der Waals surface area contributed by atoms with Crippen LogP contribution >= 0.6 is 0 Å². The maximum atomic E-state index is 12.9. The van der Waals surface area contributed by atoms with Crippen LogP contribution in [0.3, 0.4) is 0 Å². The van der Waals surface area contributed by atoms with Gasteiger partial charge in [0.15, 0.2) is 0 Å². The predicted molar refractivity (Wildman–Crippen MR) is 144 cm³/mol. The van der Waals surface area contributed by atoms with Crippen LogP contribution in [0.4, 0.5) is 5.69 Å². The molecule has 0 radical (unpaired) electrons. The second kappa shape index (κ2) is 11.1. The fraction of sp³-hybridized carbons (Fsp3) is 0.167. The molecule has 0 spiro atoms. The minimum Gasteiger partial charge on any atom is -0.492 e. The Morgan fingerprint density at radius 3 is 2.49 bits per heavy atom. The van der Waals surface area contributed by atoms with E-state index in [4.69, 9.17) is 4.74 Å². The summed E-state index contributed by atoms with van der Waals surface area (Å²) < 4.78 is 5.79. The lowest BCUT2D eigenvalue weighted by molar-refractivity contribution is 0.0950. The summed E-state index contributed by atoms with van der Waals surface area (Å²) in [6, 6.07) is 24.3. The Morgan fingerprint density at radius 1 is 0.892 bits per heavy atom. The Kier molecular flexibility index (Phi) is 7.23. The van der Waals surface area contributed by atoms with Gasteiger partial charge in [0.05, 0.1) is 0 Å². The lowest BCUT2D eigenvalue weighted by atomic mass is 10.0. The summed E-state index contributed by atoms with van der Waals surface area (Å²) in [4.78, 5) is 31.8. The monoisotopic (exact) mass is 492 g/mol. The summed E-state index contributed by atoms with van der Waals surface area (Å²) in [6.45, 7) is 2.58. The van der Waals surface area contributed by atoms with Crippen LogP contribution in [0.15, 0.2) is 91.3 Å². The van der Waals surface area contributed by atoms with E-state index in [1.807, 2.05) is 61.6 Å². The molecule has 0 saturated carbocycles. The maximum Gasteiger partial charge on any atom is 0.255 e. The van der Waals surface area contributed by atoms with Gasteiger partial charge in [0.2, 0.25) is 0 Å². The number of carbonyl (C=O) groups is 2. The van der Waals surface area contributed by atoms with E-state index in [-0.39, 0.29) is 11.8 Å². The van der Waals surface area contributed by atoms with Crippen molar-refractivity contribution in [2.45, 2.75) is 13.1 Å². The van der Waals surface area contributed by atoms with Gasteiger partial charge in [-0.25, -0.2) is 0 Å². The summed E-state index contributed by atoms with van der Waals surface area (Å²) in [5, 5.41) is 5.91. The van der Waals surface area contributed by atoms with Gasteiger partial charge in [-0.3, -0.25) is 19.5 Å². The van der Waals surface area contributed by atoms with E-state index < -0.39 is 0 Å². The molecule has 7 nitrogen and oxygen atoms in total. The van der Waals surface area contributed by atoms with Crippen molar-refractivity contribution in [3.8, 4) is 16.9 Å². The third-order valence-corrected chi connectivity index (χ3v) is 6.29. The molecule has 1 aliphatic rings. The summed E-state index contributed by atoms with van der Waals surface area (Å²) in [5.41, 5.74) is 5.77. The number of hydrogen-bond acceptors (Lipinski definition) is 5. The van der Waals surface area contributed by atoms with E-state index in [0.29, 0.717) is 24.3 Å². The number of ether oxygens (including phenoxy) is 1. The minimum absolute atomic E-state index is 0.173. The number of benzene rings is 3. The first kappa shape index (κ1) is 24.2. The normalized spacial score (nSPS) is 13.1. The van der Waals surface area contributed by atoms with Gasteiger partial charge in [0.25, 0.3) is 11.8 Å². The van der Waals surface area contributed by atoms with Crippen molar-refractivity contribution < 1.29 is 14.3 Å². The lowest BCUT2D eigenvalue weighted by Crippen LogP contribution is -2.23. The average Bonchev–Trinajstić information content (AvgIpc) is 3.12. The van der Waals surface area contributed by atoms with Gasteiger partial charge in [0.1, 0.15) is 12.4 Å². The van der Waals surface area contributed by atoms with E-state index in [2.05, 4.69) is 20.5 Å². The number of pyridine rings is 1. The number of hydrogen-bond donors (Lipinski definition) is 2. The molecule has 1 aromatic heterocycles. The van der Waals surface area contributed by atoms with Crippen molar-refractivity contribution in [3.63, 3.8) is 0 Å². The van der Waals surface area contributed by atoms with Gasteiger partial charge in [-0.2, -0.15) is 0 Å². The minimum atomic E-state index is -0.206. The number of anilines is 1. The van der Waals surface area contributed by atoms with E-state index in [9.17, 15) is 9.59 Å². The molecule has 3 aromatic carbocycles. The Labute approximate surface area is 216 Å². The summed E-state index contributed by atoms with van der Waals surface area (Å²) in [5.74, 6) is 0.475. The van der Waals surface area contributed by atoms with Crippen LogP contribution in [0.25, 0.3) is 11.1 Å². The second-order valence-electron chi connectivity index (χ2n) is 9.06. The highest BCUT2D eigenvalue weighted by Crippen LogP contribution is 2.26. The molecule has 5 rings (SSSR count). The van der Waals surface area contributed by atoms with Crippen molar-refractivity contribution in [3.05, 3.63) is 114 Å². The van der Waals surface area contributed by atoms with Crippen molar-refractivity contribution in [2.75, 3.05) is 25.5 Å². The molecule has 186 valence electrons. The Hall–Kier alpha value is -4.49. The molecule has 0 unspecified atom stereocenters. The van der Waals surface area contributed by atoms with Crippen LogP contribution in [-0.2, 0) is 13.1 Å². The van der Waals surface area contributed by atoms with Crippen molar-refractivity contribution in [1.82, 2.24) is 15.2 Å². The highest BCUT2D eigenvalue weighted by molar-refractivity contribution is 6.04. The Morgan fingerprint density at radius 2 is 1.68 bits per heavy atom. The van der Waals surface area contributed by atoms with Crippen LogP contribution in [0.5, 0.6) is 5.75 Å². The zero-order chi connectivity index (χ0) is 25.6. The first-order chi connectivity index (χ1) is 18.0. The standard InChI is InChI=1S/C30H28N4O3/c1-34-15-16-37-28-10-9-27(18-26(28)20-34)33-30(36)25-4-2-3-21(17-25)19-32-29(35)24-7-5-22(6-8-24)23-11-13-31-14-12-23/h2-14,17-18H,15-16,19-20H2,1H3,(H,32,35)(H,33,36). The zero-order valence-corrected chi connectivity index (χ0v) is 20.6. The predicted octanol–water partition coefficient (Wildman–Crippen LogP) is 4.76. The fourth-order valence-corrected chi connectivity index (χ4v) is 4.27. The summed E-state index contributed by atoms with van der Waals surface area (Å²) in [6.07, 6.45) is 3.48. The number of amides is 2. The molecule has 0 bridgehead atoms. The Balaban J connectivity index is 1.20. The van der Waals surface area contributed by atoms with Crippen LogP contribution in [0.1, 0.15) is 31.8 Å². The van der Waals surface area contributed by atoms with Crippen LogP contribution in [0.2, 0.25) is 0 Å². The SMILES string of the molecule is CN1CCOc2ccc(NC(=O)c3cccc(CNC(=O)c4ccc(-c5ccncc5)cc4)c3)cc2C1. The van der Waals surface area contributed by atoms with Crippen molar-refractivity contribution >= 4 is 17.5 Å². The first-order valence-corrected chi connectivity index (χ1v) is 12.2.